The van der Waals surface area contributed by atoms with Gasteiger partial charge in [0.15, 0.2) is 5.11 Å². The fourth-order valence-corrected chi connectivity index (χ4v) is 1.17. The van der Waals surface area contributed by atoms with Gasteiger partial charge in [0.05, 0.1) is 6.54 Å². The maximum absolute atomic E-state index is 5.08. The van der Waals surface area contributed by atoms with Gasteiger partial charge in [-0.2, -0.15) is 0 Å². The molecule has 1 rings (SSSR count). The molecule has 14 heavy (non-hydrogen) atoms. The highest BCUT2D eigenvalue weighted by atomic mass is 32.1. The molecule has 0 aromatic carbocycles. The van der Waals surface area contributed by atoms with E-state index in [0.29, 0.717) is 11.7 Å². The molecule has 0 aliphatic heterocycles. The second kappa shape index (κ2) is 6.37. The van der Waals surface area contributed by atoms with Crippen molar-refractivity contribution in [2.75, 3.05) is 6.54 Å². The van der Waals surface area contributed by atoms with Gasteiger partial charge in [0.25, 0.3) is 0 Å². The van der Waals surface area contributed by atoms with Crippen molar-refractivity contribution in [1.82, 2.24) is 20.6 Å². The van der Waals surface area contributed by atoms with Gasteiger partial charge in [-0.25, -0.2) is 4.98 Å². The van der Waals surface area contributed by atoms with E-state index in [1.54, 1.807) is 12.4 Å². The topological polar surface area (TPSA) is 52.7 Å². The predicted octanol–water partition coefficient (Wildman–Crippen LogP) is 1.17. The number of hydrogen-bond acceptors (Lipinski definition) is 2. The van der Waals surface area contributed by atoms with Gasteiger partial charge < -0.3 is 15.6 Å². The van der Waals surface area contributed by atoms with E-state index in [0.717, 1.165) is 18.8 Å². The number of hydrogen-bond donors (Lipinski definition) is 3. The van der Waals surface area contributed by atoms with Crippen molar-refractivity contribution in [1.29, 1.82) is 0 Å². The molecule has 0 amide bonds. The Morgan fingerprint density at radius 3 is 3.07 bits per heavy atom. The second-order valence-corrected chi connectivity index (χ2v) is 3.41. The SMILES string of the molecule is CCCCNC(=S)NCc1ncc[nH]1. The third-order valence-corrected chi connectivity index (χ3v) is 2.08. The molecule has 0 aliphatic rings. The molecule has 0 radical (unpaired) electrons. The summed E-state index contributed by atoms with van der Waals surface area (Å²) in [6, 6.07) is 0. The summed E-state index contributed by atoms with van der Waals surface area (Å²) in [5, 5.41) is 6.88. The summed E-state index contributed by atoms with van der Waals surface area (Å²) in [7, 11) is 0. The van der Waals surface area contributed by atoms with Crippen molar-refractivity contribution >= 4 is 17.3 Å². The number of rotatable bonds is 5. The van der Waals surface area contributed by atoms with Crippen LogP contribution in [0.5, 0.6) is 0 Å². The Hall–Kier alpha value is -1.10. The molecule has 0 bridgehead atoms. The van der Waals surface area contributed by atoms with Crippen LogP contribution in [0.3, 0.4) is 0 Å². The minimum atomic E-state index is 0.644. The molecule has 3 N–H and O–H groups in total. The van der Waals surface area contributed by atoms with Crippen LogP contribution in [0.25, 0.3) is 0 Å². The number of unbranched alkanes of at least 4 members (excludes halogenated alkanes) is 1. The first kappa shape index (κ1) is 11.0. The smallest absolute Gasteiger partial charge is 0.166 e. The second-order valence-electron chi connectivity index (χ2n) is 3.00. The molecule has 0 saturated heterocycles. The van der Waals surface area contributed by atoms with E-state index in [1.807, 2.05) is 0 Å². The van der Waals surface area contributed by atoms with Crippen molar-refractivity contribution in [3.8, 4) is 0 Å². The minimum absolute atomic E-state index is 0.644. The Balaban J connectivity index is 2.09. The van der Waals surface area contributed by atoms with Crippen molar-refractivity contribution < 1.29 is 0 Å². The Kier molecular flexibility index (Phi) is 4.99. The maximum atomic E-state index is 5.08. The summed E-state index contributed by atoms with van der Waals surface area (Å²) in [6.07, 6.45) is 5.84. The number of imidazole rings is 1. The zero-order valence-electron chi connectivity index (χ0n) is 8.34. The molecule has 4 nitrogen and oxygen atoms in total. The third kappa shape index (κ3) is 4.23. The minimum Gasteiger partial charge on any atom is -0.363 e. The molecular formula is C9H16N4S. The highest BCUT2D eigenvalue weighted by Gasteiger charge is 1.96. The van der Waals surface area contributed by atoms with Gasteiger partial charge in [0, 0.05) is 18.9 Å². The van der Waals surface area contributed by atoms with Crippen LogP contribution in [0.15, 0.2) is 12.4 Å². The van der Waals surface area contributed by atoms with Crippen LogP contribution >= 0.6 is 12.2 Å². The number of nitrogens with one attached hydrogen (secondary N) is 3. The Bertz CT molecular complexity index is 258. The van der Waals surface area contributed by atoms with E-state index in [2.05, 4.69) is 27.5 Å². The molecule has 1 aromatic rings. The number of nitrogens with zero attached hydrogens (tertiary/aromatic N) is 1. The van der Waals surface area contributed by atoms with E-state index >= 15 is 0 Å². The highest BCUT2D eigenvalue weighted by molar-refractivity contribution is 7.80. The Morgan fingerprint density at radius 1 is 1.57 bits per heavy atom. The van der Waals surface area contributed by atoms with E-state index in [4.69, 9.17) is 12.2 Å². The van der Waals surface area contributed by atoms with Crippen LogP contribution in [0.1, 0.15) is 25.6 Å². The predicted molar refractivity (Wildman–Crippen MR) is 60.9 cm³/mol. The van der Waals surface area contributed by atoms with Crippen LogP contribution in [0.2, 0.25) is 0 Å². The van der Waals surface area contributed by atoms with Crippen LogP contribution < -0.4 is 10.6 Å². The first-order chi connectivity index (χ1) is 6.83. The first-order valence-electron chi connectivity index (χ1n) is 4.83. The zero-order valence-corrected chi connectivity index (χ0v) is 9.16. The Morgan fingerprint density at radius 2 is 2.43 bits per heavy atom. The van der Waals surface area contributed by atoms with E-state index in [-0.39, 0.29) is 0 Å². The molecule has 0 fully saturated rings. The number of aromatic amines is 1. The molecule has 1 heterocycles. The molecule has 0 spiro atoms. The van der Waals surface area contributed by atoms with Gasteiger partial charge in [0.2, 0.25) is 0 Å². The van der Waals surface area contributed by atoms with Gasteiger partial charge in [0.1, 0.15) is 5.82 Å². The van der Waals surface area contributed by atoms with Gasteiger partial charge >= 0.3 is 0 Å². The molecule has 1 aromatic heterocycles. The summed E-state index contributed by atoms with van der Waals surface area (Å²) >= 11 is 5.08. The van der Waals surface area contributed by atoms with Crippen molar-refractivity contribution in [3.05, 3.63) is 18.2 Å². The lowest BCUT2D eigenvalue weighted by molar-refractivity contribution is 0.733. The maximum Gasteiger partial charge on any atom is 0.166 e. The van der Waals surface area contributed by atoms with Gasteiger partial charge in [-0.1, -0.05) is 13.3 Å². The zero-order chi connectivity index (χ0) is 10.2. The van der Waals surface area contributed by atoms with E-state index in [9.17, 15) is 0 Å². The molecule has 0 saturated carbocycles. The van der Waals surface area contributed by atoms with Crippen LogP contribution in [0.4, 0.5) is 0 Å². The van der Waals surface area contributed by atoms with Gasteiger partial charge in [-0.3, -0.25) is 0 Å². The lowest BCUT2D eigenvalue weighted by Gasteiger charge is -2.08. The standard InChI is InChI=1S/C9H16N4S/c1-2-3-4-12-9(14)13-7-8-10-5-6-11-8/h5-6H,2-4,7H2,1H3,(H,10,11)(H2,12,13,14). The van der Waals surface area contributed by atoms with Crippen LogP contribution in [-0.2, 0) is 6.54 Å². The quantitative estimate of drug-likeness (QED) is 0.506. The number of thiocarbonyl (C=S) groups is 1. The first-order valence-corrected chi connectivity index (χ1v) is 5.23. The summed E-state index contributed by atoms with van der Waals surface area (Å²) in [6.45, 7) is 3.73. The monoisotopic (exact) mass is 212 g/mol. The van der Waals surface area contributed by atoms with Crippen molar-refractivity contribution in [2.24, 2.45) is 0 Å². The summed E-state index contributed by atoms with van der Waals surface area (Å²) < 4.78 is 0. The summed E-state index contributed by atoms with van der Waals surface area (Å²) in [4.78, 5) is 7.08. The largest absolute Gasteiger partial charge is 0.363 e. The van der Waals surface area contributed by atoms with Gasteiger partial charge in [-0.05, 0) is 18.6 Å². The molecule has 0 unspecified atom stereocenters. The number of H-pyrrole nitrogens is 1. The molecular weight excluding hydrogens is 196 g/mol. The van der Waals surface area contributed by atoms with Crippen molar-refractivity contribution in [3.63, 3.8) is 0 Å². The molecule has 0 atom stereocenters. The Labute approximate surface area is 89.5 Å². The van der Waals surface area contributed by atoms with E-state index < -0.39 is 0 Å². The molecule has 78 valence electrons. The summed E-state index contributed by atoms with van der Waals surface area (Å²) in [5.41, 5.74) is 0. The third-order valence-electron chi connectivity index (χ3n) is 1.79. The molecule has 0 aliphatic carbocycles. The lowest BCUT2D eigenvalue weighted by atomic mass is 10.3. The fraction of sp³-hybridized carbons (Fsp3) is 0.556. The normalized spacial score (nSPS) is 9.79. The fourth-order valence-electron chi connectivity index (χ4n) is 1.000. The van der Waals surface area contributed by atoms with Crippen LogP contribution in [0, 0.1) is 0 Å². The van der Waals surface area contributed by atoms with Gasteiger partial charge in [-0.15, -0.1) is 0 Å². The number of aromatic nitrogens is 2. The lowest BCUT2D eigenvalue weighted by Crippen LogP contribution is -2.35. The average Bonchev–Trinajstić information content (AvgIpc) is 2.68. The average molecular weight is 212 g/mol. The van der Waals surface area contributed by atoms with E-state index in [1.165, 1.54) is 6.42 Å². The summed E-state index contributed by atoms with van der Waals surface area (Å²) in [5.74, 6) is 0.893. The van der Waals surface area contributed by atoms with Crippen molar-refractivity contribution in [2.45, 2.75) is 26.3 Å². The highest BCUT2D eigenvalue weighted by Crippen LogP contribution is 1.87. The molecule has 5 heteroatoms. The van der Waals surface area contributed by atoms with Crippen LogP contribution in [-0.4, -0.2) is 21.6 Å².